The fraction of sp³-hybridized carbons (Fsp3) is 0.231. The minimum Gasteiger partial charge on any atom is -0.384 e. The van der Waals surface area contributed by atoms with Gasteiger partial charge in [0.05, 0.1) is 0 Å². The van der Waals surface area contributed by atoms with Gasteiger partial charge in [0.25, 0.3) is 0 Å². The molecule has 3 rings (SSSR count). The van der Waals surface area contributed by atoms with Gasteiger partial charge < -0.3 is 10.6 Å². The molecule has 1 aromatic heterocycles. The molecule has 1 aliphatic rings. The summed E-state index contributed by atoms with van der Waals surface area (Å²) in [5.74, 6) is 1.39. The highest BCUT2D eigenvalue weighted by Gasteiger charge is 2.18. The van der Waals surface area contributed by atoms with Gasteiger partial charge in [-0.05, 0) is 24.5 Å². The predicted molar refractivity (Wildman–Crippen MR) is 68.2 cm³/mol. The Morgan fingerprint density at radius 3 is 2.94 bits per heavy atom. The van der Waals surface area contributed by atoms with Gasteiger partial charge in [0.15, 0.2) is 0 Å². The maximum Gasteiger partial charge on any atom is 0.138 e. The lowest BCUT2D eigenvalue weighted by atomic mass is 10.0. The van der Waals surface area contributed by atoms with Crippen molar-refractivity contribution in [1.29, 1.82) is 0 Å². The maximum atomic E-state index is 5.71. The first-order valence-corrected chi connectivity index (χ1v) is 5.77. The van der Waals surface area contributed by atoms with Crippen LogP contribution in [0.25, 0.3) is 0 Å². The molecule has 0 bridgehead atoms. The highest BCUT2D eigenvalue weighted by Crippen LogP contribution is 2.32. The minimum absolute atomic E-state index is 0.512. The van der Waals surface area contributed by atoms with Crippen molar-refractivity contribution in [3.63, 3.8) is 0 Å². The summed E-state index contributed by atoms with van der Waals surface area (Å²) < 4.78 is 0. The summed E-state index contributed by atoms with van der Waals surface area (Å²) in [6.07, 6.45) is 3.79. The quantitative estimate of drug-likeness (QED) is 0.809. The zero-order valence-electron chi connectivity index (χ0n) is 9.50. The Bertz CT molecular complexity index is 538. The van der Waals surface area contributed by atoms with E-state index in [9.17, 15) is 0 Å². The van der Waals surface area contributed by atoms with Crippen LogP contribution in [0.3, 0.4) is 0 Å². The molecule has 0 saturated heterocycles. The number of para-hydroxylation sites is 1. The van der Waals surface area contributed by atoms with Crippen LogP contribution >= 0.6 is 0 Å². The van der Waals surface area contributed by atoms with Crippen LogP contribution in [-0.4, -0.2) is 16.5 Å². The Kier molecular flexibility index (Phi) is 2.40. The van der Waals surface area contributed by atoms with Gasteiger partial charge in [-0.25, -0.2) is 9.97 Å². The van der Waals surface area contributed by atoms with Gasteiger partial charge in [0.2, 0.25) is 0 Å². The Morgan fingerprint density at radius 2 is 2.06 bits per heavy atom. The van der Waals surface area contributed by atoms with Crippen LogP contribution in [0.1, 0.15) is 12.0 Å². The summed E-state index contributed by atoms with van der Waals surface area (Å²) in [5, 5.41) is 0. The van der Waals surface area contributed by atoms with E-state index in [1.54, 1.807) is 0 Å². The van der Waals surface area contributed by atoms with E-state index in [2.05, 4.69) is 39.1 Å². The van der Waals surface area contributed by atoms with Crippen LogP contribution in [0, 0.1) is 0 Å². The van der Waals surface area contributed by atoms with E-state index in [1.807, 2.05) is 6.07 Å². The number of hydrogen-bond donors (Lipinski definition) is 1. The van der Waals surface area contributed by atoms with Crippen molar-refractivity contribution in [2.75, 3.05) is 17.2 Å². The average Bonchev–Trinajstić information content (AvgIpc) is 2.38. The van der Waals surface area contributed by atoms with Gasteiger partial charge in [-0.1, -0.05) is 18.2 Å². The Balaban J connectivity index is 2.06. The number of hydrogen-bond acceptors (Lipinski definition) is 4. The third-order valence-corrected chi connectivity index (χ3v) is 3.06. The van der Waals surface area contributed by atoms with Crippen molar-refractivity contribution in [2.45, 2.75) is 12.8 Å². The van der Waals surface area contributed by atoms with Gasteiger partial charge in [0, 0.05) is 18.3 Å². The molecule has 4 nitrogen and oxygen atoms in total. The van der Waals surface area contributed by atoms with Crippen LogP contribution in [-0.2, 0) is 6.42 Å². The number of anilines is 3. The van der Waals surface area contributed by atoms with Crippen LogP contribution in [0.2, 0.25) is 0 Å². The third kappa shape index (κ3) is 1.82. The molecule has 0 saturated carbocycles. The first-order chi connectivity index (χ1) is 8.34. The van der Waals surface area contributed by atoms with E-state index in [-0.39, 0.29) is 0 Å². The largest absolute Gasteiger partial charge is 0.384 e. The molecule has 0 radical (unpaired) electrons. The lowest BCUT2D eigenvalue weighted by Gasteiger charge is -2.30. The highest BCUT2D eigenvalue weighted by molar-refractivity contribution is 5.66. The zero-order chi connectivity index (χ0) is 11.7. The van der Waals surface area contributed by atoms with Gasteiger partial charge in [0.1, 0.15) is 18.0 Å². The Hall–Kier alpha value is -2.10. The van der Waals surface area contributed by atoms with E-state index in [0.717, 1.165) is 25.2 Å². The second-order valence-electron chi connectivity index (χ2n) is 4.18. The number of benzene rings is 1. The smallest absolute Gasteiger partial charge is 0.138 e. The second-order valence-corrected chi connectivity index (χ2v) is 4.18. The molecule has 4 heteroatoms. The molecule has 0 unspecified atom stereocenters. The monoisotopic (exact) mass is 226 g/mol. The third-order valence-electron chi connectivity index (χ3n) is 3.06. The summed E-state index contributed by atoms with van der Waals surface area (Å²) in [7, 11) is 0. The molecule has 1 aromatic carbocycles. The van der Waals surface area contributed by atoms with E-state index >= 15 is 0 Å². The minimum atomic E-state index is 0.512. The molecule has 0 aliphatic carbocycles. The number of aromatic nitrogens is 2. The van der Waals surface area contributed by atoms with E-state index < -0.39 is 0 Å². The molecular weight excluding hydrogens is 212 g/mol. The molecule has 0 amide bonds. The SMILES string of the molecule is Nc1cc(N2CCCc3ccccc32)ncn1. The predicted octanol–water partition coefficient (Wildman–Crippen LogP) is 2.14. The van der Waals surface area contributed by atoms with Crippen molar-refractivity contribution >= 4 is 17.3 Å². The fourth-order valence-corrected chi connectivity index (χ4v) is 2.28. The Morgan fingerprint density at radius 1 is 1.18 bits per heavy atom. The number of aryl methyl sites for hydroxylation is 1. The maximum absolute atomic E-state index is 5.71. The van der Waals surface area contributed by atoms with Gasteiger partial charge in [-0.15, -0.1) is 0 Å². The van der Waals surface area contributed by atoms with Crippen molar-refractivity contribution in [1.82, 2.24) is 9.97 Å². The number of rotatable bonds is 1. The van der Waals surface area contributed by atoms with Gasteiger partial charge in [-0.3, -0.25) is 0 Å². The molecule has 1 aliphatic heterocycles. The van der Waals surface area contributed by atoms with Crippen LogP contribution in [0.15, 0.2) is 36.7 Å². The van der Waals surface area contributed by atoms with Crippen molar-refractivity contribution in [3.8, 4) is 0 Å². The number of nitrogens with two attached hydrogens (primary N) is 1. The van der Waals surface area contributed by atoms with Gasteiger partial charge >= 0.3 is 0 Å². The van der Waals surface area contributed by atoms with E-state index in [0.29, 0.717) is 5.82 Å². The van der Waals surface area contributed by atoms with Gasteiger partial charge in [-0.2, -0.15) is 0 Å². The summed E-state index contributed by atoms with van der Waals surface area (Å²) in [4.78, 5) is 10.4. The summed E-state index contributed by atoms with van der Waals surface area (Å²) in [6.45, 7) is 0.980. The molecule has 17 heavy (non-hydrogen) atoms. The second kappa shape index (κ2) is 4.05. The number of nitrogen functional groups attached to an aromatic ring is 1. The summed E-state index contributed by atoms with van der Waals surface area (Å²) in [6, 6.07) is 10.3. The van der Waals surface area contributed by atoms with Crippen LogP contribution < -0.4 is 10.6 Å². The summed E-state index contributed by atoms with van der Waals surface area (Å²) in [5.41, 5.74) is 8.31. The molecule has 0 atom stereocenters. The fourth-order valence-electron chi connectivity index (χ4n) is 2.28. The number of nitrogens with zero attached hydrogens (tertiary/aromatic N) is 3. The first kappa shape index (κ1) is 10.1. The van der Waals surface area contributed by atoms with Crippen LogP contribution in [0.5, 0.6) is 0 Å². The zero-order valence-corrected chi connectivity index (χ0v) is 9.50. The number of fused-ring (bicyclic) bond motifs is 1. The molecule has 2 N–H and O–H groups in total. The molecule has 0 fully saturated rings. The lowest BCUT2D eigenvalue weighted by Crippen LogP contribution is -2.25. The Labute approximate surface area is 100 Å². The van der Waals surface area contributed by atoms with E-state index in [1.165, 1.54) is 17.6 Å². The van der Waals surface area contributed by atoms with Crippen LogP contribution in [0.4, 0.5) is 17.3 Å². The first-order valence-electron chi connectivity index (χ1n) is 5.77. The van der Waals surface area contributed by atoms with Crippen molar-refractivity contribution < 1.29 is 0 Å². The van der Waals surface area contributed by atoms with E-state index in [4.69, 9.17) is 5.73 Å². The molecule has 2 heterocycles. The molecule has 86 valence electrons. The standard InChI is InChI=1S/C13H14N4/c14-12-8-13(16-9-15-12)17-7-3-5-10-4-1-2-6-11(10)17/h1-2,4,6,8-9H,3,5,7H2,(H2,14,15,16). The molecule has 2 aromatic rings. The van der Waals surface area contributed by atoms with Crippen molar-refractivity contribution in [2.24, 2.45) is 0 Å². The van der Waals surface area contributed by atoms with Crippen molar-refractivity contribution in [3.05, 3.63) is 42.2 Å². The highest BCUT2D eigenvalue weighted by atomic mass is 15.2. The lowest BCUT2D eigenvalue weighted by molar-refractivity contribution is 0.759. The summed E-state index contributed by atoms with van der Waals surface area (Å²) >= 11 is 0. The average molecular weight is 226 g/mol. The molecule has 0 spiro atoms. The normalized spacial score (nSPS) is 14.5. The topological polar surface area (TPSA) is 55.0 Å². The molecular formula is C13H14N4.